The van der Waals surface area contributed by atoms with Crippen molar-refractivity contribution in [2.45, 2.75) is 31.8 Å². The van der Waals surface area contributed by atoms with Crippen LogP contribution in [0.3, 0.4) is 0 Å². The smallest absolute Gasteiger partial charge is 0.253 e. The van der Waals surface area contributed by atoms with Gasteiger partial charge in [-0.25, -0.2) is 0 Å². The molecule has 32 heavy (non-hydrogen) atoms. The summed E-state index contributed by atoms with van der Waals surface area (Å²) < 4.78 is 0. The summed E-state index contributed by atoms with van der Waals surface area (Å²) in [6.07, 6.45) is 3.79. The minimum atomic E-state index is -0.499. The number of hydrogen-bond acceptors (Lipinski definition) is 6. The number of aliphatic imine (C=N–C) groups is 1. The summed E-state index contributed by atoms with van der Waals surface area (Å²) in [5, 5.41) is 19.2. The molecule has 1 heterocycles. The molecule has 0 fully saturated rings. The highest BCUT2D eigenvalue weighted by Gasteiger charge is 2.26. The molecule has 7 heteroatoms. The molecule has 2 aromatic rings. The molecule has 166 valence electrons. The number of anilines is 2. The van der Waals surface area contributed by atoms with Gasteiger partial charge in [-0.05, 0) is 61.7 Å². The zero-order valence-corrected chi connectivity index (χ0v) is 19.1. The Kier molecular flexibility index (Phi) is 7.16. The van der Waals surface area contributed by atoms with Gasteiger partial charge in [0.2, 0.25) is 0 Å². The number of nitrogens with one attached hydrogen (secondary N) is 3. The summed E-state index contributed by atoms with van der Waals surface area (Å²) in [6.45, 7) is 2.06. The molecule has 0 saturated carbocycles. The Balaban J connectivity index is 1.72. The fraction of sp³-hybridized carbons (Fsp3) is 0.320. The molecule has 1 atom stereocenters. The van der Waals surface area contributed by atoms with Crippen molar-refractivity contribution in [1.82, 2.24) is 10.2 Å². The summed E-state index contributed by atoms with van der Waals surface area (Å²) in [6, 6.07) is 17.6. The van der Waals surface area contributed by atoms with Crippen molar-refractivity contribution >= 4 is 23.5 Å². The predicted molar refractivity (Wildman–Crippen MR) is 130 cm³/mol. The van der Waals surface area contributed by atoms with E-state index in [1.807, 2.05) is 61.8 Å². The highest BCUT2D eigenvalue weighted by atomic mass is 16.2. The average Bonchev–Trinajstić information content (AvgIpc) is 2.93. The molecule has 3 rings (SSSR count). The van der Waals surface area contributed by atoms with Gasteiger partial charge in [0.15, 0.2) is 0 Å². The van der Waals surface area contributed by atoms with Crippen LogP contribution in [0.25, 0.3) is 0 Å². The second kappa shape index (κ2) is 10.0. The molecular formula is C25H30N6O. The van der Waals surface area contributed by atoms with Crippen LogP contribution in [0.5, 0.6) is 0 Å². The lowest BCUT2D eigenvalue weighted by atomic mass is 10.0. The molecule has 2 aromatic carbocycles. The van der Waals surface area contributed by atoms with Crippen molar-refractivity contribution in [3.63, 3.8) is 0 Å². The lowest BCUT2D eigenvalue weighted by Gasteiger charge is -2.27. The largest absolute Gasteiger partial charge is 0.385 e. The molecule has 0 bridgehead atoms. The number of benzene rings is 2. The second-order valence-corrected chi connectivity index (χ2v) is 8.24. The molecular weight excluding hydrogens is 400 g/mol. The van der Waals surface area contributed by atoms with E-state index >= 15 is 0 Å². The minimum Gasteiger partial charge on any atom is -0.385 e. The van der Waals surface area contributed by atoms with E-state index in [1.54, 1.807) is 19.0 Å². The van der Waals surface area contributed by atoms with Crippen LogP contribution in [0.1, 0.15) is 35.7 Å². The second-order valence-electron chi connectivity index (χ2n) is 8.24. The lowest BCUT2D eigenvalue weighted by Crippen LogP contribution is -2.32. The maximum atomic E-state index is 12.1. The van der Waals surface area contributed by atoms with E-state index in [4.69, 9.17) is 10.3 Å². The number of nitriles is 1. The minimum absolute atomic E-state index is 0.0207. The average molecular weight is 431 g/mol. The van der Waals surface area contributed by atoms with E-state index in [0.29, 0.717) is 12.0 Å². The first-order chi connectivity index (χ1) is 15.3. The molecule has 1 aliphatic rings. The maximum Gasteiger partial charge on any atom is 0.253 e. The van der Waals surface area contributed by atoms with Crippen molar-refractivity contribution < 1.29 is 4.79 Å². The molecule has 1 aliphatic heterocycles. The number of rotatable bonds is 7. The van der Waals surface area contributed by atoms with Crippen molar-refractivity contribution in [2.24, 2.45) is 4.99 Å². The third kappa shape index (κ3) is 5.67. The number of carbonyl (C=O) groups is 1. The third-order valence-electron chi connectivity index (χ3n) is 5.39. The molecule has 0 spiro atoms. The molecule has 0 radical (unpaired) electrons. The van der Waals surface area contributed by atoms with Crippen molar-refractivity contribution in [2.75, 3.05) is 31.8 Å². The molecule has 0 aromatic heterocycles. The summed E-state index contributed by atoms with van der Waals surface area (Å²) in [5.41, 5.74) is 4.96. The van der Waals surface area contributed by atoms with E-state index in [2.05, 4.69) is 28.9 Å². The number of carbonyl (C=O) groups excluding carboxylic acids is 1. The van der Waals surface area contributed by atoms with Gasteiger partial charge in [0.1, 0.15) is 5.66 Å². The first-order valence-electron chi connectivity index (χ1n) is 10.6. The molecule has 0 aliphatic carbocycles. The summed E-state index contributed by atoms with van der Waals surface area (Å²) in [4.78, 5) is 18.5. The van der Waals surface area contributed by atoms with Gasteiger partial charge in [0.25, 0.3) is 5.91 Å². The highest BCUT2D eigenvalue weighted by molar-refractivity contribution is 5.94. The maximum absolute atomic E-state index is 12.1. The number of amides is 1. The molecule has 3 N–H and O–H groups in total. The Morgan fingerprint density at radius 1 is 1.19 bits per heavy atom. The van der Waals surface area contributed by atoms with Gasteiger partial charge in [-0.3, -0.25) is 9.79 Å². The van der Waals surface area contributed by atoms with Gasteiger partial charge in [0.05, 0.1) is 18.2 Å². The predicted octanol–water partition coefficient (Wildman–Crippen LogP) is 3.99. The van der Waals surface area contributed by atoms with Crippen LogP contribution in [0.4, 0.5) is 11.4 Å². The third-order valence-corrected chi connectivity index (χ3v) is 5.39. The van der Waals surface area contributed by atoms with Gasteiger partial charge in [-0.2, -0.15) is 5.26 Å². The quantitative estimate of drug-likeness (QED) is 0.618. The van der Waals surface area contributed by atoms with Gasteiger partial charge < -0.3 is 20.9 Å². The molecule has 0 saturated heterocycles. The van der Waals surface area contributed by atoms with Crippen LogP contribution < -0.4 is 16.0 Å². The van der Waals surface area contributed by atoms with Crippen LogP contribution >= 0.6 is 0 Å². The van der Waals surface area contributed by atoms with E-state index in [1.165, 1.54) is 0 Å². The number of allylic oxidation sites excluding steroid dienone is 2. The Labute approximate surface area is 189 Å². The Hall–Kier alpha value is -3.79. The van der Waals surface area contributed by atoms with Crippen LogP contribution in [0.15, 0.2) is 64.9 Å². The fourth-order valence-corrected chi connectivity index (χ4v) is 3.58. The molecule has 1 unspecified atom stereocenters. The van der Waals surface area contributed by atoms with E-state index in [9.17, 15) is 4.79 Å². The van der Waals surface area contributed by atoms with Gasteiger partial charge in [-0.15, -0.1) is 0 Å². The monoisotopic (exact) mass is 430 g/mol. The van der Waals surface area contributed by atoms with Crippen LogP contribution in [-0.4, -0.2) is 43.8 Å². The zero-order valence-electron chi connectivity index (χ0n) is 19.1. The first kappa shape index (κ1) is 22.9. The summed E-state index contributed by atoms with van der Waals surface area (Å²) >= 11 is 0. The summed E-state index contributed by atoms with van der Waals surface area (Å²) in [5.74, 6) is -0.0207. The summed E-state index contributed by atoms with van der Waals surface area (Å²) in [7, 11) is 5.37. The number of hydrogen-bond donors (Lipinski definition) is 3. The topological polar surface area (TPSA) is 92.5 Å². The standard InChI is InChI=1S/C25H30N6O/c1-25(30-20-10-8-19(9-11-20)24(32)31(3)4)14-12-22(23(27-2)17-28-25)29-21-7-5-6-18(16-21)13-15-26/h5-11,16-17,27,29-30H,12-14H2,1-4H3. The zero-order chi connectivity index (χ0) is 23.1. The van der Waals surface area contributed by atoms with E-state index in [0.717, 1.165) is 41.2 Å². The Bertz CT molecular complexity index is 1060. The van der Waals surface area contributed by atoms with E-state index in [-0.39, 0.29) is 5.91 Å². The van der Waals surface area contributed by atoms with Gasteiger partial charge in [-0.1, -0.05) is 12.1 Å². The SMILES string of the molecule is CNC1=C(Nc2cccc(CC#N)c2)CCC(C)(Nc2ccc(C(=O)N(C)C)cc2)N=C1. The van der Waals surface area contributed by atoms with E-state index < -0.39 is 5.66 Å². The fourth-order valence-electron chi connectivity index (χ4n) is 3.58. The van der Waals surface area contributed by atoms with Crippen molar-refractivity contribution in [3.05, 3.63) is 71.1 Å². The van der Waals surface area contributed by atoms with Crippen molar-refractivity contribution in [3.8, 4) is 6.07 Å². The molecule has 1 amide bonds. The Morgan fingerprint density at radius 3 is 2.59 bits per heavy atom. The highest BCUT2D eigenvalue weighted by Crippen LogP contribution is 2.28. The first-order valence-corrected chi connectivity index (χ1v) is 10.6. The van der Waals surface area contributed by atoms with Crippen molar-refractivity contribution in [1.29, 1.82) is 5.26 Å². The van der Waals surface area contributed by atoms with Gasteiger partial charge in [0, 0.05) is 50.0 Å². The normalized spacial score (nSPS) is 17.8. The van der Waals surface area contributed by atoms with Crippen LogP contribution in [0, 0.1) is 11.3 Å². The Morgan fingerprint density at radius 2 is 1.94 bits per heavy atom. The van der Waals surface area contributed by atoms with Crippen LogP contribution in [-0.2, 0) is 6.42 Å². The van der Waals surface area contributed by atoms with Crippen LogP contribution in [0.2, 0.25) is 0 Å². The lowest BCUT2D eigenvalue weighted by molar-refractivity contribution is 0.0827. The van der Waals surface area contributed by atoms with Gasteiger partial charge >= 0.3 is 0 Å². The number of nitrogens with zero attached hydrogens (tertiary/aromatic N) is 3. The molecule has 7 nitrogen and oxygen atoms in total.